The quantitative estimate of drug-likeness (QED) is 0.148. The molecule has 2 aromatic heterocycles. The Labute approximate surface area is 290 Å². The normalized spacial score (nSPS) is 13.1. The number of urea groups is 2. The average molecular weight is 677 g/mol. The minimum Gasteiger partial charge on any atom is -0.457 e. The summed E-state index contributed by atoms with van der Waals surface area (Å²) in [7, 11) is 0. The molecule has 50 heavy (non-hydrogen) atoms. The van der Waals surface area contributed by atoms with Gasteiger partial charge in [-0.15, -0.1) is 0 Å². The van der Waals surface area contributed by atoms with Crippen LogP contribution in [-0.2, 0) is 14.9 Å². The Balaban J connectivity index is 1.14. The molecular weight excluding hydrogens is 636 g/mol. The van der Waals surface area contributed by atoms with E-state index in [0.29, 0.717) is 49.3 Å². The number of anilines is 3. The van der Waals surface area contributed by atoms with Crippen LogP contribution in [0.4, 0.5) is 26.9 Å². The van der Waals surface area contributed by atoms with Gasteiger partial charge in [0.15, 0.2) is 0 Å². The third kappa shape index (κ3) is 8.18. The van der Waals surface area contributed by atoms with Gasteiger partial charge in [0.2, 0.25) is 5.91 Å². The highest BCUT2D eigenvalue weighted by Gasteiger charge is 2.22. The SMILES string of the molecule is Cc1ccc(-n2nc(C(C)(C)C)cc2NC(=O)Nc2ccc(Oc3ccnc(NC(=O)CNC(=O)N4CCOCC4)c3)c3ccccc23)cc1. The molecule has 0 unspecified atom stereocenters. The number of aromatic nitrogens is 3. The number of morpholine rings is 1. The first-order chi connectivity index (χ1) is 24.0. The Bertz CT molecular complexity index is 2010. The van der Waals surface area contributed by atoms with Gasteiger partial charge in [-0.05, 0) is 37.3 Å². The first-order valence-electron chi connectivity index (χ1n) is 16.3. The highest BCUT2D eigenvalue weighted by atomic mass is 16.5. The molecule has 1 fully saturated rings. The first-order valence-corrected chi connectivity index (χ1v) is 16.3. The highest BCUT2D eigenvalue weighted by Crippen LogP contribution is 2.35. The fourth-order valence-electron chi connectivity index (χ4n) is 5.35. The number of carbonyl (C=O) groups is 3. The van der Waals surface area contributed by atoms with Gasteiger partial charge < -0.3 is 30.3 Å². The lowest BCUT2D eigenvalue weighted by atomic mass is 9.92. The van der Waals surface area contributed by atoms with E-state index in [4.69, 9.17) is 14.6 Å². The van der Waals surface area contributed by atoms with Crippen LogP contribution in [0.1, 0.15) is 32.0 Å². The highest BCUT2D eigenvalue weighted by molar-refractivity contribution is 6.07. The number of rotatable bonds is 8. The molecule has 4 N–H and O–H groups in total. The van der Waals surface area contributed by atoms with E-state index in [9.17, 15) is 14.4 Å². The van der Waals surface area contributed by atoms with Crippen LogP contribution in [0.15, 0.2) is 85.1 Å². The van der Waals surface area contributed by atoms with Crippen LogP contribution >= 0.6 is 0 Å². The zero-order valence-corrected chi connectivity index (χ0v) is 28.4. The number of ether oxygens (including phenoxy) is 2. The van der Waals surface area contributed by atoms with Gasteiger partial charge in [-0.25, -0.2) is 19.3 Å². The van der Waals surface area contributed by atoms with E-state index in [1.165, 1.54) is 6.20 Å². The Morgan fingerprint density at radius 2 is 1.62 bits per heavy atom. The zero-order valence-electron chi connectivity index (χ0n) is 28.4. The van der Waals surface area contributed by atoms with Crippen molar-refractivity contribution in [2.45, 2.75) is 33.1 Å². The van der Waals surface area contributed by atoms with E-state index in [0.717, 1.165) is 27.7 Å². The molecule has 0 aliphatic carbocycles. The van der Waals surface area contributed by atoms with Crippen molar-refractivity contribution in [3.63, 3.8) is 0 Å². The van der Waals surface area contributed by atoms with Gasteiger partial charge in [0.25, 0.3) is 0 Å². The van der Waals surface area contributed by atoms with Crippen LogP contribution in [0.5, 0.6) is 11.5 Å². The number of nitrogens with zero attached hydrogens (tertiary/aromatic N) is 4. The summed E-state index contributed by atoms with van der Waals surface area (Å²) < 4.78 is 13.2. The Morgan fingerprint density at radius 1 is 0.880 bits per heavy atom. The van der Waals surface area contributed by atoms with E-state index in [-0.39, 0.29) is 23.8 Å². The molecule has 1 saturated heterocycles. The third-order valence-corrected chi connectivity index (χ3v) is 8.06. The summed E-state index contributed by atoms with van der Waals surface area (Å²) in [5.74, 6) is 1.37. The van der Waals surface area contributed by atoms with Crippen molar-refractivity contribution < 1.29 is 23.9 Å². The number of nitrogens with one attached hydrogen (secondary N) is 4. The van der Waals surface area contributed by atoms with E-state index in [1.54, 1.807) is 33.8 Å². The van der Waals surface area contributed by atoms with Crippen molar-refractivity contribution in [1.29, 1.82) is 0 Å². The summed E-state index contributed by atoms with van der Waals surface area (Å²) in [4.78, 5) is 44.1. The molecule has 3 heterocycles. The maximum Gasteiger partial charge on any atom is 0.324 e. The van der Waals surface area contributed by atoms with Crippen molar-refractivity contribution in [2.24, 2.45) is 0 Å². The Morgan fingerprint density at radius 3 is 2.36 bits per heavy atom. The molecule has 6 rings (SSSR count). The summed E-state index contributed by atoms with van der Waals surface area (Å²) in [5, 5.41) is 17.6. The minimum absolute atomic E-state index is 0.207. The van der Waals surface area contributed by atoms with Gasteiger partial charge in [0.1, 0.15) is 23.1 Å². The number of fused-ring (bicyclic) bond motifs is 1. The average Bonchev–Trinajstić information content (AvgIpc) is 3.53. The number of amides is 5. The van der Waals surface area contributed by atoms with Crippen molar-refractivity contribution in [1.82, 2.24) is 25.0 Å². The molecule has 0 radical (unpaired) electrons. The van der Waals surface area contributed by atoms with E-state index in [1.807, 2.05) is 61.5 Å². The van der Waals surface area contributed by atoms with Gasteiger partial charge in [0.05, 0.1) is 36.8 Å². The molecule has 13 nitrogen and oxygen atoms in total. The number of benzene rings is 3. The molecule has 1 aliphatic rings. The smallest absolute Gasteiger partial charge is 0.324 e. The topological polar surface area (TPSA) is 152 Å². The maximum absolute atomic E-state index is 13.4. The standard InChI is InChI=1S/C37H40N8O5/c1-24-9-11-25(12-10-24)45-33(22-31(43-45)37(2,3)4)42-35(47)40-29-13-14-30(28-8-6-5-7-27(28)29)50-26-15-16-38-32(21-26)41-34(46)23-39-36(48)44-17-19-49-20-18-44/h5-16,21-22H,17-20,23H2,1-4H3,(H,39,48)(H,38,41,46)(H2,40,42,47). The van der Waals surface area contributed by atoms with Gasteiger partial charge in [0, 0.05) is 47.6 Å². The van der Waals surface area contributed by atoms with Crippen LogP contribution in [-0.4, -0.2) is 70.5 Å². The Kier molecular flexibility index (Phi) is 9.95. The van der Waals surface area contributed by atoms with Crippen molar-refractivity contribution in [3.8, 4) is 17.2 Å². The molecule has 13 heteroatoms. The predicted molar refractivity (Wildman–Crippen MR) is 192 cm³/mol. The molecule has 0 spiro atoms. The van der Waals surface area contributed by atoms with E-state index >= 15 is 0 Å². The largest absolute Gasteiger partial charge is 0.457 e. The van der Waals surface area contributed by atoms with Crippen molar-refractivity contribution in [2.75, 3.05) is 48.8 Å². The van der Waals surface area contributed by atoms with Crippen LogP contribution < -0.4 is 26.0 Å². The second-order valence-corrected chi connectivity index (χ2v) is 12.9. The fraction of sp³-hybridized carbons (Fsp3) is 0.270. The maximum atomic E-state index is 13.4. The lowest BCUT2D eigenvalue weighted by molar-refractivity contribution is -0.115. The minimum atomic E-state index is -0.424. The number of hydrogen-bond acceptors (Lipinski definition) is 7. The fourth-order valence-corrected chi connectivity index (χ4v) is 5.35. The van der Waals surface area contributed by atoms with Crippen LogP contribution in [0.2, 0.25) is 0 Å². The Hall–Kier alpha value is -5.95. The van der Waals surface area contributed by atoms with Crippen molar-refractivity contribution >= 4 is 46.1 Å². The summed E-state index contributed by atoms with van der Waals surface area (Å²) in [6, 6.07) is 23.5. The number of pyridine rings is 1. The van der Waals surface area contributed by atoms with Gasteiger partial charge in [-0.1, -0.05) is 62.7 Å². The molecule has 0 bridgehead atoms. The summed E-state index contributed by atoms with van der Waals surface area (Å²) >= 11 is 0. The second kappa shape index (κ2) is 14.7. The van der Waals surface area contributed by atoms with Gasteiger partial charge in [-0.3, -0.25) is 10.1 Å². The number of hydrogen-bond donors (Lipinski definition) is 4. The van der Waals surface area contributed by atoms with Crippen molar-refractivity contribution in [3.05, 3.63) is 96.3 Å². The molecule has 5 amide bonds. The lowest BCUT2D eigenvalue weighted by Gasteiger charge is -2.26. The van der Waals surface area contributed by atoms with Crippen LogP contribution in [0.25, 0.3) is 16.5 Å². The van der Waals surface area contributed by atoms with E-state index in [2.05, 4.69) is 47.0 Å². The number of aryl methyl sites for hydroxylation is 1. The van der Waals surface area contributed by atoms with Crippen LogP contribution in [0.3, 0.4) is 0 Å². The second-order valence-electron chi connectivity index (χ2n) is 12.9. The molecule has 1 aliphatic heterocycles. The molecule has 0 atom stereocenters. The number of carbonyl (C=O) groups excluding carboxylic acids is 3. The zero-order chi connectivity index (χ0) is 35.3. The molecular formula is C37H40N8O5. The summed E-state index contributed by atoms with van der Waals surface area (Å²) in [6.07, 6.45) is 1.52. The lowest BCUT2D eigenvalue weighted by Crippen LogP contribution is -2.47. The third-order valence-electron chi connectivity index (χ3n) is 8.06. The van der Waals surface area contributed by atoms with E-state index < -0.39 is 11.9 Å². The summed E-state index contributed by atoms with van der Waals surface area (Å²) in [5.41, 5.74) is 3.17. The molecule has 5 aromatic rings. The van der Waals surface area contributed by atoms with Crippen LogP contribution in [0, 0.1) is 6.92 Å². The molecule has 0 saturated carbocycles. The first kappa shape index (κ1) is 33.9. The summed E-state index contributed by atoms with van der Waals surface area (Å²) in [6.45, 7) is 9.95. The molecule has 258 valence electrons. The predicted octanol–water partition coefficient (Wildman–Crippen LogP) is 6.44. The van der Waals surface area contributed by atoms with Gasteiger partial charge in [-0.2, -0.15) is 5.10 Å². The van der Waals surface area contributed by atoms with Gasteiger partial charge >= 0.3 is 12.1 Å². The molecule has 3 aromatic carbocycles. The monoisotopic (exact) mass is 676 g/mol.